The fraction of sp³-hybridized carbons (Fsp3) is 0.353. The molecule has 0 amide bonds. The van der Waals surface area contributed by atoms with E-state index in [1.54, 1.807) is 11.3 Å². The third kappa shape index (κ3) is 4.09. The van der Waals surface area contributed by atoms with Crippen LogP contribution in [-0.4, -0.2) is 41.8 Å². The van der Waals surface area contributed by atoms with Gasteiger partial charge in [-0.1, -0.05) is 29.8 Å². The molecule has 2 aromatic rings. The van der Waals surface area contributed by atoms with Gasteiger partial charge in [-0.3, -0.25) is 9.91 Å². The summed E-state index contributed by atoms with van der Waals surface area (Å²) in [7, 11) is 0. The Balaban J connectivity index is 1.52. The van der Waals surface area contributed by atoms with E-state index in [0.29, 0.717) is 0 Å². The van der Waals surface area contributed by atoms with Gasteiger partial charge < -0.3 is 0 Å². The van der Waals surface area contributed by atoms with Crippen LogP contribution in [0.5, 0.6) is 0 Å². The lowest BCUT2D eigenvalue weighted by Crippen LogP contribution is -2.43. The Bertz CT molecular complexity index is 614. The van der Waals surface area contributed by atoms with Crippen molar-refractivity contribution >= 4 is 28.6 Å². The summed E-state index contributed by atoms with van der Waals surface area (Å²) in [6.45, 7) is 7.13. The van der Waals surface area contributed by atoms with Crippen molar-refractivity contribution in [3.8, 4) is 0 Å². The predicted molar refractivity (Wildman–Crippen MR) is 94.8 cm³/mol. The van der Waals surface area contributed by atoms with Crippen molar-refractivity contribution in [3.63, 3.8) is 0 Å². The van der Waals surface area contributed by atoms with Gasteiger partial charge in [-0.25, -0.2) is 0 Å². The fourth-order valence-electron chi connectivity index (χ4n) is 2.59. The summed E-state index contributed by atoms with van der Waals surface area (Å²) in [6, 6.07) is 12.3. The normalized spacial score (nSPS) is 17.0. The zero-order chi connectivity index (χ0) is 15.4. The monoisotopic (exact) mass is 333 g/mol. The van der Waals surface area contributed by atoms with E-state index in [1.807, 2.05) is 12.1 Å². The van der Waals surface area contributed by atoms with Crippen LogP contribution >= 0.6 is 22.9 Å². The smallest absolute Gasteiger partial charge is 0.0746 e. The van der Waals surface area contributed by atoms with E-state index < -0.39 is 0 Å². The lowest BCUT2D eigenvalue weighted by molar-refractivity contribution is 0.130. The van der Waals surface area contributed by atoms with Crippen molar-refractivity contribution in [1.29, 1.82) is 0 Å². The molecule has 116 valence electrons. The van der Waals surface area contributed by atoms with Crippen LogP contribution < -0.4 is 0 Å². The van der Waals surface area contributed by atoms with Crippen LogP contribution in [0.2, 0.25) is 5.02 Å². The summed E-state index contributed by atoms with van der Waals surface area (Å²) in [5.74, 6) is 0. The Morgan fingerprint density at radius 3 is 2.50 bits per heavy atom. The highest BCUT2D eigenvalue weighted by atomic mass is 35.5. The van der Waals surface area contributed by atoms with E-state index in [2.05, 4.69) is 46.5 Å². The molecule has 5 heteroatoms. The number of hydrazone groups is 1. The molecule has 1 aromatic carbocycles. The van der Waals surface area contributed by atoms with Gasteiger partial charge in [0.1, 0.15) is 0 Å². The second-order valence-corrected chi connectivity index (χ2v) is 6.90. The van der Waals surface area contributed by atoms with Crippen molar-refractivity contribution in [2.75, 3.05) is 26.2 Å². The Labute approximate surface area is 140 Å². The van der Waals surface area contributed by atoms with Crippen molar-refractivity contribution in [3.05, 3.63) is 57.2 Å². The van der Waals surface area contributed by atoms with E-state index >= 15 is 0 Å². The topological polar surface area (TPSA) is 18.8 Å². The molecule has 0 atom stereocenters. The fourth-order valence-corrected chi connectivity index (χ4v) is 3.39. The zero-order valence-electron chi connectivity index (χ0n) is 12.7. The minimum atomic E-state index is 0.798. The Morgan fingerprint density at radius 2 is 1.86 bits per heavy atom. The van der Waals surface area contributed by atoms with Crippen LogP contribution in [0.15, 0.2) is 46.9 Å². The molecule has 0 spiro atoms. The molecule has 0 bridgehead atoms. The molecule has 22 heavy (non-hydrogen) atoms. The second kappa shape index (κ2) is 7.27. The number of hydrogen-bond acceptors (Lipinski definition) is 4. The van der Waals surface area contributed by atoms with E-state index in [1.165, 1.54) is 10.4 Å². The van der Waals surface area contributed by atoms with Gasteiger partial charge in [0.25, 0.3) is 0 Å². The number of hydrogen-bond donors (Lipinski definition) is 0. The Kier molecular flexibility index (Phi) is 5.13. The standard InChI is InChI=1S/C17H20ClN3S/c1-14(17-3-2-12-22-17)19-21-10-8-20(9-11-21)13-15-4-6-16(18)7-5-15/h2-7,12H,8-11,13H2,1H3/b19-14-. The van der Waals surface area contributed by atoms with Crippen LogP contribution in [0.4, 0.5) is 0 Å². The summed E-state index contributed by atoms with van der Waals surface area (Å²) in [5.41, 5.74) is 2.43. The third-order valence-corrected chi connectivity index (χ3v) is 5.07. The highest BCUT2D eigenvalue weighted by Gasteiger charge is 2.16. The summed E-state index contributed by atoms with van der Waals surface area (Å²) in [4.78, 5) is 3.72. The minimum absolute atomic E-state index is 0.798. The first-order valence-electron chi connectivity index (χ1n) is 7.51. The quantitative estimate of drug-likeness (QED) is 0.789. The molecule has 3 rings (SSSR count). The molecule has 0 aliphatic carbocycles. The maximum absolute atomic E-state index is 5.93. The van der Waals surface area contributed by atoms with Gasteiger partial charge in [0, 0.05) is 42.6 Å². The van der Waals surface area contributed by atoms with E-state index in [9.17, 15) is 0 Å². The highest BCUT2D eigenvalue weighted by Crippen LogP contribution is 2.14. The predicted octanol–water partition coefficient (Wildman–Crippen LogP) is 3.94. The molecular formula is C17H20ClN3S. The highest BCUT2D eigenvalue weighted by molar-refractivity contribution is 7.12. The zero-order valence-corrected chi connectivity index (χ0v) is 14.3. The molecule has 1 saturated heterocycles. The number of nitrogens with zero attached hydrogens (tertiary/aromatic N) is 3. The molecule has 1 aromatic heterocycles. The SMILES string of the molecule is C/C(=N/N1CCN(Cc2ccc(Cl)cc2)CC1)c1cccs1. The van der Waals surface area contributed by atoms with Gasteiger partial charge in [-0.05, 0) is 36.1 Å². The third-order valence-electron chi connectivity index (χ3n) is 3.84. The lowest BCUT2D eigenvalue weighted by Gasteiger charge is -2.33. The molecule has 1 fully saturated rings. The van der Waals surface area contributed by atoms with Gasteiger partial charge in [0.05, 0.1) is 5.71 Å². The number of thiophene rings is 1. The largest absolute Gasteiger partial charge is 0.295 e. The molecule has 1 aliphatic rings. The maximum Gasteiger partial charge on any atom is 0.0746 e. The number of rotatable bonds is 4. The number of halogens is 1. The van der Waals surface area contributed by atoms with Crippen molar-refractivity contribution in [1.82, 2.24) is 9.91 Å². The van der Waals surface area contributed by atoms with Gasteiger partial charge in [0.2, 0.25) is 0 Å². The van der Waals surface area contributed by atoms with E-state index in [0.717, 1.165) is 43.5 Å². The van der Waals surface area contributed by atoms with E-state index in [-0.39, 0.29) is 0 Å². The van der Waals surface area contributed by atoms with Crippen molar-refractivity contribution < 1.29 is 0 Å². The molecule has 3 nitrogen and oxygen atoms in total. The van der Waals surface area contributed by atoms with Crippen molar-refractivity contribution in [2.24, 2.45) is 5.10 Å². The van der Waals surface area contributed by atoms with Crippen LogP contribution in [0.25, 0.3) is 0 Å². The summed E-state index contributed by atoms with van der Waals surface area (Å²) in [5, 5.41) is 9.83. The Morgan fingerprint density at radius 1 is 1.14 bits per heavy atom. The molecule has 0 N–H and O–H groups in total. The molecule has 0 radical (unpaired) electrons. The van der Waals surface area contributed by atoms with Gasteiger partial charge >= 0.3 is 0 Å². The lowest BCUT2D eigenvalue weighted by atomic mass is 10.2. The Hall–Kier alpha value is -1.36. The first-order valence-corrected chi connectivity index (χ1v) is 8.77. The molecule has 1 aliphatic heterocycles. The summed E-state index contributed by atoms with van der Waals surface area (Å²) in [6.07, 6.45) is 0. The second-order valence-electron chi connectivity index (χ2n) is 5.52. The molecule has 0 unspecified atom stereocenters. The summed E-state index contributed by atoms with van der Waals surface area (Å²) < 4.78 is 0. The number of benzene rings is 1. The van der Waals surface area contributed by atoms with Crippen molar-refractivity contribution in [2.45, 2.75) is 13.5 Å². The van der Waals surface area contributed by atoms with Gasteiger partial charge in [-0.2, -0.15) is 5.10 Å². The summed E-state index contributed by atoms with van der Waals surface area (Å²) >= 11 is 7.67. The first kappa shape index (κ1) is 15.5. The van der Waals surface area contributed by atoms with Crippen LogP contribution in [0.1, 0.15) is 17.4 Å². The minimum Gasteiger partial charge on any atom is -0.295 e. The van der Waals surface area contributed by atoms with Crippen LogP contribution in [-0.2, 0) is 6.54 Å². The van der Waals surface area contributed by atoms with Gasteiger partial charge in [0.15, 0.2) is 0 Å². The van der Waals surface area contributed by atoms with Crippen LogP contribution in [0, 0.1) is 0 Å². The molecular weight excluding hydrogens is 314 g/mol. The first-order chi connectivity index (χ1) is 10.7. The van der Waals surface area contributed by atoms with Gasteiger partial charge in [-0.15, -0.1) is 11.3 Å². The maximum atomic E-state index is 5.93. The molecule has 2 heterocycles. The average molecular weight is 334 g/mol. The van der Waals surface area contributed by atoms with Crippen LogP contribution in [0.3, 0.4) is 0 Å². The molecule has 0 saturated carbocycles. The number of piperazine rings is 1. The van der Waals surface area contributed by atoms with E-state index in [4.69, 9.17) is 16.7 Å². The average Bonchev–Trinajstić information content (AvgIpc) is 3.06.